The van der Waals surface area contributed by atoms with Gasteiger partial charge in [0.15, 0.2) is 22.8 Å². The van der Waals surface area contributed by atoms with Crippen LogP contribution in [0.15, 0.2) is 23.8 Å². The summed E-state index contributed by atoms with van der Waals surface area (Å²) in [6, 6.07) is 0. The molecule has 1 saturated heterocycles. The number of fused-ring (bicyclic) bond motifs is 7. The lowest BCUT2D eigenvalue weighted by atomic mass is 9.44. The van der Waals surface area contributed by atoms with Crippen molar-refractivity contribution in [2.24, 2.45) is 22.7 Å². The fourth-order valence-electron chi connectivity index (χ4n) is 7.67. The Morgan fingerprint density at radius 3 is 2.55 bits per heavy atom. The standard InChI is InChI=1S/C23H28F2O5S/c1-19(2)29-17-9-12-13-8-15(24)14-7-11(26)5-6-20(14,3)22(13,25)16(27)10-21(12,4)23(17,30-19)18(28)31/h5-7,12-13,15-17,27H,8-10H2,1-4H3,(H,28,31)/t12-,13-,15-,16-,17?,20-,21-,22-,23-/m0/s1. The van der Waals surface area contributed by atoms with Crippen LogP contribution in [0.25, 0.3) is 0 Å². The maximum Gasteiger partial charge on any atom is 0.221 e. The molecule has 8 heteroatoms. The Hall–Kier alpha value is -1.09. The maximum atomic E-state index is 17.1. The van der Waals surface area contributed by atoms with E-state index in [1.54, 1.807) is 27.7 Å². The average molecular weight is 455 g/mol. The number of carbonyl (C=O) groups excluding carboxylic acids is 2. The summed E-state index contributed by atoms with van der Waals surface area (Å²) in [6.45, 7) is 6.78. The molecule has 9 atom stereocenters. The number of rotatable bonds is 1. The Kier molecular flexibility index (Phi) is 4.26. The highest BCUT2D eigenvalue weighted by Crippen LogP contribution is 2.72. The highest BCUT2D eigenvalue weighted by atomic mass is 32.1. The van der Waals surface area contributed by atoms with Gasteiger partial charge in [-0.15, -0.1) is 12.6 Å². The van der Waals surface area contributed by atoms with Crippen LogP contribution >= 0.6 is 12.6 Å². The van der Waals surface area contributed by atoms with E-state index in [-0.39, 0.29) is 24.2 Å². The average Bonchev–Trinajstić information content (AvgIpc) is 3.06. The number of ether oxygens (including phenoxy) is 2. The first kappa shape index (κ1) is 21.7. The molecule has 5 nitrogen and oxygen atoms in total. The van der Waals surface area contributed by atoms with Crippen LogP contribution in [-0.2, 0) is 19.1 Å². The van der Waals surface area contributed by atoms with Gasteiger partial charge in [0.25, 0.3) is 0 Å². The summed E-state index contributed by atoms with van der Waals surface area (Å²) >= 11 is 4.14. The molecule has 0 amide bonds. The number of aliphatic hydroxyl groups is 1. The highest BCUT2D eigenvalue weighted by Gasteiger charge is 2.80. The molecular formula is C23H28F2O5S. The Labute approximate surface area is 185 Å². The number of allylic oxidation sites excluding steroid dienone is 4. The topological polar surface area (TPSA) is 72.8 Å². The predicted molar refractivity (Wildman–Crippen MR) is 111 cm³/mol. The van der Waals surface area contributed by atoms with Crippen molar-refractivity contribution in [3.8, 4) is 0 Å². The Balaban J connectivity index is 1.66. The second kappa shape index (κ2) is 6.07. The molecule has 170 valence electrons. The monoisotopic (exact) mass is 454 g/mol. The second-order valence-electron chi connectivity index (χ2n) is 10.7. The van der Waals surface area contributed by atoms with Crippen LogP contribution in [0.4, 0.5) is 8.78 Å². The molecule has 0 aromatic carbocycles. The molecule has 3 saturated carbocycles. The van der Waals surface area contributed by atoms with Crippen molar-refractivity contribution in [1.82, 2.24) is 0 Å². The summed E-state index contributed by atoms with van der Waals surface area (Å²) in [5.41, 5.74) is -6.02. The van der Waals surface area contributed by atoms with Gasteiger partial charge in [-0.3, -0.25) is 9.59 Å². The van der Waals surface area contributed by atoms with Gasteiger partial charge in [0.2, 0.25) is 5.12 Å². The highest BCUT2D eigenvalue weighted by molar-refractivity contribution is 7.96. The summed E-state index contributed by atoms with van der Waals surface area (Å²) in [5.74, 6) is -2.77. The van der Waals surface area contributed by atoms with E-state index < -0.39 is 63.2 Å². The van der Waals surface area contributed by atoms with E-state index in [1.165, 1.54) is 18.2 Å². The molecule has 5 rings (SSSR count). The molecule has 31 heavy (non-hydrogen) atoms. The SMILES string of the molecule is CC1(C)OC2C[C@H]3[C@@H]4C[C@H](F)C5=CC(=O)C=C[C@]5(C)[C@@]4(F)[C@@H](O)C[C@]3(C)[C@]2(C(=O)S)O1. The molecule has 1 aliphatic heterocycles. The van der Waals surface area contributed by atoms with Crippen molar-refractivity contribution < 1.29 is 33.0 Å². The molecule has 1 unspecified atom stereocenters. The van der Waals surface area contributed by atoms with Crippen LogP contribution in [0.2, 0.25) is 0 Å². The zero-order chi connectivity index (χ0) is 22.8. The van der Waals surface area contributed by atoms with E-state index in [9.17, 15) is 14.7 Å². The maximum absolute atomic E-state index is 17.1. The number of ketones is 1. The van der Waals surface area contributed by atoms with Crippen LogP contribution in [0.1, 0.15) is 47.0 Å². The number of hydrogen-bond acceptors (Lipinski definition) is 5. The molecular weight excluding hydrogens is 426 g/mol. The van der Waals surface area contributed by atoms with Crippen molar-refractivity contribution in [1.29, 1.82) is 0 Å². The van der Waals surface area contributed by atoms with Crippen LogP contribution in [0, 0.1) is 22.7 Å². The van der Waals surface area contributed by atoms with E-state index in [0.717, 1.165) is 0 Å². The minimum atomic E-state index is -2.20. The first-order valence-electron chi connectivity index (χ1n) is 10.8. The van der Waals surface area contributed by atoms with E-state index in [0.29, 0.717) is 6.42 Å². The van der Waals surface area contributed by atoms with Crippen molar-refractivity contribution in [2.75, 3.05) is 0 Å². The second-order valence-corrected chi connectivity index (χ2v) is 11.2. The first-order valence-corrected chi connectivity index (χ1v) is 11.3. The van der Waals surface area contributed by atoms with Crippen LogP contribution < -0.4 is 0 Å². The first-order chi connectivity index (χ1) is 14.2. The fraction of sp³-hybridized carbons (Fsp3) is 0.739. The van der Waals surface area contributed by atoms with E-state index in [2.05, 4.69) is 12.6 Å². The zero-order valence-electron chi connectivity index (χ0n) is 18.0. The van der Waals surface area contributed by atoms with Gasteiger partial charge in [-0.25, -0.2) is 8.78 Å². The number of aliphatic hydroxyl groups excluding tert-OH is 1. The lowest BCUT2D eigenvalue weighted by Crippen LogP contribution is -2.70. The van der Waals surface area contributed by atoms with E-state index in [1.807, 2.05) is 0 Å². The zero-order valence-corrected chi connectivity index (χ0v) is 18.9. The summed E-state index contributed by atoms with van der Waals surface area (Å²) in [4.78, 5) is 24.8. The van der Waals surface area contributed by atoms with E-state index in [4.69, 9.17) is 9.47 Å². The normalized spacial score (nSPS) is 54.5. The van der Waals surface area contributed by atoms with Crippen molar-refractivity contribution in [2.45, 2.75) is 82.4 Å². The van der Waals surface area contributed by atoms with Gasteiger partial charge >= 0.3 is 0 Å². The van der Waals surface area contributed by atoms with Crippen molar-refractivity contribution >= 4 is 23.5 Å². The third-order valence-electron chi connectivity index (χ3n) is 8.94. The summed E-state index contributed by atoms with van der Waals surface area (Å²) < 4.78 is 44.7. The van der Waals surface area contributed by atoms with Gasteiger partial charge in [-0.1, -0.05) is 13.0 Å². The number of alkyl halides is 2. The third kappa shape index (κ3) is 2.32. The largest absolute Gasteiger partial charge is 0.390 e. The summed E-state index contributed by atoms with van der Waals surface area (Å²) in [5, 5.41) is 10.8. The van der Waals surface area contributed by atoms with Gasteiger partial charge in [-0.2, -0.15) is 0 Å². The molecule has 0 spiro atoms. The number of hydrogen-bond donors (Lipinski definition) is 2. The lowest BCUT2D eigenvalue weighted by molar-refractivity contribution is -0.246. The summed E-state index contributed by atoms with van der Waals surface area (Å²) in [7, 11) is 0. The van der Waals surface area contributed by atoms with Crippen LogP contribution in [0.3, 0.4) is 0 Å². The van der Waals surface area contributed by atoms with E-state index >= 15 is 8.78 Å². The molecule has 0 aromatic heterocycles. The number of halogens is 2. The smallest absolute Gasteiger partial charge is 0.221 e. The van der Waals surface area contributed by atoms with Gasteiger partial charge in [0.1, 0.15) is 6.17 Å². The van der Waals surface area contributed by atoms with Crippen molar-refractivity contribution in [3.63, 3.8) is 0 Å². The fourth-order valence-corrected chi connectivity index (χ4v) is 8.12. The lowest BCUT2D eigenvalue weighted by Gasteiger charge is -2.63. The Bertz CT molecular complexity index is 948. The third-order valence-corrected chi connectivity index (χ3v) is 9.27. The molecule has 0 radical (unpaired) electrons. The molecule has 4 fully saturated rings. The van der Waals surface area contributed by atoms with Gasteiger partial charge < -0.3 is 14.6 Å². The van der Waals surface area contributed by atoms with Crippen molar-refractivity contribution in [3.05, 3.63) is 23.8 Å². The number of carbonyl (C=O) groups is 2. The Morgan fingerprint density at radius 2 is 1.90 bits per heavy atom. The predicted octanol–water partition coefficient (Wildman–Crippen LogP) is 3.26. The van der Waals surface area contributed by atoms with Crippen LogP contribution in [0.5, 0.6) is 0 Å². The Morgan fingerprint density at radius 1 is 1.23 bits per heavy atom. The molecule has 0 aromatic rings. The number of thiol groups is 1. The molecule has 0 bridgehead atoms. The minimum absolute atomic E-state index is 0.0610. The van der Waals surface area contributed by atoms with Gasteiger partial charge in [0.05, 0.1) is 12.2 Å². The quantitative estimate of drug-likeness (QED) is 0.595. The molecule has 1 N–H and O–H groups in total. The minimum Gasteiger partial charge on any atom is -0.390 e. The van der Waals surface area contributed by atoms with Gasteiger partial charge in [-0.05, 0) is 63.7 Å². The molecule has 1 heterocycles. The van der Waals surface area contributed by atoms with Gasteiger partial charge in [0, 0.05) is 16.7 Å². The molecule has 4 aliphatic carbocycles. The summed E-state index contributed by atoms with van der Waals surface area (Å²) in [6.07, 6.45) is 0.204. The molecule has 5 aliphatic rings. The van der Waals surface area contributed by atoms with Crippen LogP contribution in [-0.4, -0.2) is 51.4 Å².